The van der Waals surface area contributed by atoms with E-state index in [1.165, 1.54) is 6.92 Å². The number of ether oxygens (including phenoxy) is 1. The molecule has 0 bridgehead atoms. The molecule has 1 rings (SSSR count). The molecular weight excluding hydrogens is 306 g/mol. The maximum atomic E-state index is 11.7. The number of esters is 1. The Balaban J connectivity index is 2.73. The number of non-ortho nitro benzene ring substituents is 1. The van der Waals surface area contributed by atoms with Gasteiger partial charge in [-0.25, -0.2) is 4.79 Å². The van der Waals surface area contributed by atoms with Crippen LogP contribution in [-0.4, -0.2) is 43.7 Å². The first kappa shape index (κ1) is 17.0. The van der Waals surface area contributed by atoms with Crippen molar-refractivity contribution in [2.45, 2.75) is 17.9 Å². The third kappa shape index (κ3) is 4.77. The lowest BCUT2D eigenvalue weighted by Gasteiger charge is -2.10. The fraction of sp³-hybridized carbons (Fsp3) is 0.364. The number of benzene rings is 1. The van der Waals surface area contributed by atoms with Crippen molar-refractivity contribution in [2.75, 3.05) is 13.2 Å². The van der Waals surface area contributed by atoms with E-state index in [0.717, 1.165) is 24.3 Å². The molecule has 0 amide bonds. The van der Waals surface area contributed by atoms with Crippen LogP contribution in [0, 0.1) is 10.1 Å². The van der Waals surface area contributed by atoms with Gasteiger partial charge in [0.1, 0.15) is 6.61 Å². The maximum Gasteiger partial charge on any atom is 0.337 e. The van der Waals surface area contributed by atoms with Crippen molar-refractivity contribution in [3.63, 3.8) is 0 Å². The zero-order valence-corrected chi connectivity index (χ0v) is 11.8. The van der Waals surface area contributed by atoms with Crippen LogP contribution in [0.15, 0.2) is 29.2 Å². The highest BCUT2D eigenvalue weighted by molar-refractivity contribution is 7.86. The van der Waals surface area contributed by atoms with Gasteiger partial charge in [0.2, 0.25) is 0 Å². The van der Waals surface area contributed by atoms with Crippen LogP contribution in [0.4, 0.5) is 5.69 Å². The number of carbonyl (C=O) groups is 1. The molecule has 10 heteroatoms. The Hall–Kier alpha value is -2.04. The largest absolute Gasteiger partial charge is 0.464 e. The van der Waals surface area contributed by atoms with E-state index < -0.39 is 33.7 Å². The van der Waals surface area contributed by atoms with E-state index in [1.807, 2.05) is 0 Å². The first-order valence-corrected chi connectivity index (χ1v) is 7.17. The summed E-state index contributed by atoms with van der Waals surface area (Å²) in [4.78, 5) is 20.5. The topological polar surface area (TPSA) is 133 Å². The van der Waals surface area contributed by atoms with E-state index in [4.69, 9.17) is 0 Å². The van der Waals surface area contributed by atoms with Gasteiger partial charge in [-0.2, -0.15) is 8.42 Å². The predicted octanol–water partition coefficient (Wildman–Crippen LogP) is 0.224. The molecule has 1 atom stereocenters. The zero-order valence-electron chi connectivity index (χ0n) is 11.0. The minimum absolute atomic E-state index is 0.0327. The van der Waals surface area contributed by atoms with E-state index >= 15 is 0 Å². The number of hydrogen-bond acceptors (Lipinski definition) is 8. The quantitative estimate of drug-likeness (QED) is 0.326. The van der Waals surface area contributed by atoms with Gasteiger partial charge in [-0.1, -0.05) is 0 Å². The van der Waals surface area contributed by atoms with Crippen molar-refractivity contribution in [3.8, 4) is 0 Å². The second kappa shape index (κ2) is 7.11. The lowest BCUT2D eigenvalue weighted by Crippen LogP contribution is -2.29. The Labute approximate surface area is 120 Å². The summed E-state index contributed by atoms with van der Waals surface area (Å²) < 4.78 is 32.5. The molecule has 0 aliphatic heterocycles. The minimum atomic E-state index is -4.24. The Morgan fingerprint density at radius 3 is 2.43 bits per heavy atom. The van der Waals surface area contributed by atoms with Crippen molar-refractivity contribution in [2.24, 2.45) is 0 Å². The van der Waals surface area contributed by atoms with E-state index in [-0.39, 0.29) is 17.2 Å². The fourth-order valence-electron chi connectivity index (χ4n) is 1.26. The summed E-state index contributed by atoms with van der Waals surface area (Å²) in [5, 5.41) is 19.8. The van der Waals surface area contributed by atoms with Crippen LogP contribution < -0.4 is 0 Å². The van der Waals surface area contributed by atoms with Gasteiger partial charge in [0, 0.05) is 12.1 Å². The fourth-order valence-corrected chi connectivity index (χ4v) is 2.18. The molecule has 0 radical (unpaired) electrons. The molecule has 0 saturated carbocycles. The van der Waals surface area contributed by atoms with Gasteiger partial charge >= 0.3 is 5.97 Å². The van der Waals surface area contributed by atoms with Crippen LogP contribution in [0.25, 0.3) is 0 Å². The van der Waals surface area contributed by atoms with Gasteiger partial charge < -0.3 is 9.84 Å². The number of rotatable bonds is 7. The van der Waals surface area contributed by atoms with Crippen LogP contribution in [-0.2, 0) is 23.8 Å². The van der Waals surface area contributed by atoms with Crippen LogP contribution >= 0.6 is 0 Å². The molecule has 9 nitrogen and oxygen atoms in total. The first-order valence-electron chi connectivity index (χ1n) is 5.76. The molecule has 0 spiro atoms. The van der Waals surface area contributed by atoms with Gasteiger partial charge in [-0.15, -0.1) is 0 Å². The molecule has 1 aromatic carbocycles. The number of hydrogen-bond donors (Lipinski definition) is 1. The van der Waals surface area contributed by atoms with Gasteiger partial charge in [0.05, 0.1) is 16.4 Å². The summed E-state index contributed by atoms with van der Waals surface area (Å²) in [5.74, 6) is -1.00. The van der Waals surface area contributed by atoms with Crippen molar-refractivity contribution in [1.29, 1.82) is 0 Å². The van der Waals surface area contributed by atoms with Crippen molar-refractivity contribution >= 4 is 21.8 Å². The van der Waals surface area contributed by atoms with Crippen molar-refractivity contribution in [1.82, 2.24) is 0 Å². The lowest BCUT2D eigenvalue weighted by molar-refractivity contribution is -0.384. The molecule has 0 aliphatic carbocycles. The van der Waals surface area contributed by atoms with Gasteiger partial charge in [-0.3, -0.25) is 14.3 Å². The van der Waals surface area contributed by atoms with E-state index in [2.05, 4.69) is 8.92 Å². The average Bonchev–Trinajstić information content (AvgIpc) is 2.45. The normalized spacial score (nSPS) is 12.7. The second-order valence-corrected chi connectivity index (χ2v) is 5.37. The third-order valence-electron chi connectivity index (χ3n) is 2.28. The lowest BCUT2D eigenvalue weighted by atomic mass is 10.3. The molecule has 116 valence electrons. The van der Waals surface area contributed by atoms with Gasteiger partial charge in [0.15, 0.2) is 6.10 Å². The van der Waals surface area contributed by atoms with Gasteiger partial charge in [-0.05, 0) is 19.1 Å². The van der Waals surface area contributed by atoms with Crippen LogP contribution in [0.1, 0.15) is 6.92 Å². The van der Waals surface area contributed by atoms with Crippen molar-refractivity contribution < 1.29 is 32.2 Å². The van der Waals surface area contributed by atoms with Crippen molar-refractivity contribution in [3.05, 3.63) is 34.4 Å². The molecule has 21 heavy (non-hydrogen) atoms. The minimum Gasteiger partial charge on any atom is -0.464 e. The summed E-state index contributed by atoms with van der Waals surface area (Å²) in [6.45, 7) is 0.752. The second-order valence-electron chi connectivity index (χ2n) is 3.76. The summed E-state index contributed by atoms with van der Waals surface area (Å²) in [5.41, 5.74) is -0.277. The molecule has 1 N–H and O–H groups in total. The average molecular weight is 319 g/mol. The van der Waals surface area contributed by atoms with E-state index in [1.54, 1.807) is 0 Å². The molecule has 0 aromatic heterocycles. The van der Waals surface area contributed by atoms with Gasteiger partial charge in [0.25, 0.3) is 15.8 Å². The molecule has 1 unspecified atom stereocenters. The molecule has 0 heterocycles. The SMILES string of the molecule is CCOC(=O)C(O)COS(=O)(=O)c1ccc([N+](=O)[O-])cc1. The maximum absolute atomic E-state index is 11.7. The highest BCUT2D eigenvalue weighted by atomic mass is 32.2. The summed E-state index contributed by atoms with van der Waals surface area (Å²) in [6.07, 6.45) is -1.74. The number of carbonyl (C=O) groups excluding carboxylic acids is 1. The number of nitrogens with zero attached hydrogens (tertiary/aromatic N) is 1. The molecule has 1 aromatic rings. The molecular formula is C11H13NO8S. The molecule has 0 aliphatic rings. The Morgan fingerprint density at radius 1 is 1.38 bits per heavy atom. The Kier molecular flexibility index (Phi) is 5.76. The summed E-state index contributed by atoms with van der Waals surface area (Å²) >= 11 is 0. The summed E-state index contributed by atoms with van der Waals surface area (Å²) in [7, 11) is -4.24. The smallest absolute Gasteiger partial charge is 0.337 e. The van der Waals surface area contributed by atoms with E-state index in [9.17, 15) is 28.4 Å². The monoisotopic (exact) mass is 319 g/mol. The number of aliphatic hydroxyl groups is 1. The van der Waals surface area contributed by atoms with E-state index in [0.29, 0.717) is 0 Å². The Bertz CT molecular complexity index is 610. The number of nitro benzene ring substituents is 1. The third-order valence-corrected chi connectivity index (χ3v) is 3.57. The highest BCUT2D eigenvalue weighted by Crippen LogP contribution is 2.17. The number of aliphatic hydroxyl groups excluding tert-OH is 1. The van der Waals surface area contributed by atoms with Crippen LogP contribution in [0.5, 0.6) is 0 Å². The molecule has 0 fully saturated rings. The van der Waals surface area contributed by atoms with Crippen LogP contribution in [0.2, 0.25) is 0 Å². The predicted molar refractivity (Wildman–Crippen MR) is 68.9 cm³/mol. The zero-order chi connectivity index (χ0) is 16.0. The molecule has 0 saturated heterocycles. The Morgan fingerprint density at radius 2 is 1.95 bits per heavy atom. The highest BCUT2D eigenvalue weighted by Gasteiger charge is 2.22. The standard InChI is InChI=1S/C11H13NO8S/c1-2-19-11(14)10(13)7-20-21(17,18)9-5-3-8(4-6-9)12(15)16/h3-6,10,13H,2,7H2,1H3. The van der Waals surface area contributed by atoms with Crippen LogP contribution in [0.3, 0.4) is 0 Å². The summed E-state index contributed by atoms with van der Waals surface area (Å²) in [6, 6.07) is 3.98. The first-order chi connectivity index (χ1) is 9.77. The number of nitro groups is 1.